The molecule has 0 amide bonds. The zero-order chi connectivity index (χ0) is 13.1. The second kappa shape index (κ2) is 9.15. The van der Waals surface area contributed by atoms with E-state index in [1.165, 1.54) is 0 Å². The van der Waals surface area contributed by atoms with Gasteiger partial charge in [0.25, 0.3) is 0 Å². The summed E-state index contributed by atoms with van der Waals surface area (Å²) in [6.45, 7) is 0.331. The lowest BCUT2D eigenvalue weighted by molar-refractivity contribution is 0.976. The van der Waals surface area contributed by atoms with Gasteiger partial charge in [-0.3, -0.25) is 9.97 Å². The molecule has 0 radical (unpaired) electrons. The first-order valence-corrected chi connectivity index (χ1v) is 6.35. The van der Waals surface area contributed by atoms with Crippen molar-refractivity contribution >= 4 is 15.9 Å². The van der Waals surface area contributed by atoms with Crippen LogP contribution in [0, 0.1) is 0 Å². The van der Waals surface area contributed by atoms with Crippen LogP contribution in [0.3, 0.4) is 0 Å². The first-order valence-electron chi connectivity index (χ1n) is 5.23. The van der Waals surface area contributed by atoms with Crippen LogP contribution >= 0.6 is 15.9 Å². The van der Waals surface area contributed by atoms with Crippen LogP contribution in [0.2, 0.25) is 0 Å². The second-order valence-electron chi connectivity index (χ2n) is 3.16. The quantitative estimate of drug-likeness (QED) is 0.373. The first-order chi connectivity index (χ1) is 8.86. The van der Waals surface area contributed by atoms with Gasteiger partial charge in [0.15, 0.2) is 0 Å². The molecule has 18 heavy (non-hydrogen) atoms. The van der Waals surface area contributed by atoms with Crippen LogP contribution < -0.4 is 0 Å². The summed E-state index contributed by atoms with van der Waals surface area (Å²) >= 11 is 3.29. The molecule has 0 aliphatic rings. The van der Waals surface area contributed by atoms with Gasteiger partial charge in [-0.2, -0.15) is 0 Å². The Morgan fingerprint density at radius 1 is 1.06 bits per heavy atom. The van der Waals surface area contributed by atoms with Crippen molar-refractivity contribution < 1.29 is 0 Å². The minimum atomic E-state index is 0.331. The summed E-state index contributed by atoms with van der Waals surface area (Å²) in [6, 6.07) is 11.4. The van der Waals surface area contributed by atoms with Crippen molar-refractivity contribution in [3.05, 3.63) is 70.6 Å². The molecule has 2 aromatic rings. The van der Waals surface area contributed by atoms with Gasteiger partial charge in [0, 0.05) is 28.3 Å². The van der Waals surface area contributed by atoms with Gasteiger partial charge in [-0.1, -0.05) is 33.2 Å². The summed E-state index contributed by atoms with van der Waals surface area (Å²) in [5.41, 5.74) is 9.83. The summed E-state index contributed by atoms with van der Waals surface area (Å²) in [7, 11) is 0. The Bertz CT molecular complexity index is 482. The third kappa shape index (κ3) is 5.98. The Hall–Kier alpha value is -1.91. The van der Waals surface area contributed by atoms with E-state index in [4.69, 9.17) is 5.53 Å². The molecule has 6 heteroatoms. The van der Waals surface area contributed by atoms with E-state index in [0.29, 0.717) is 6.54 Å². The van der Waals surface area contributed by atoms with Crippen molar-refractivity contribution in [1.29, 1.82) is 0 Å². The van der Waals surface area contributed by atoms with Crippen LogP contribution in [-0.2, 0) is 11.9 Å². The molecule has 0 aliphatic heterocycles. The molecular formula is C12H12BrN5. The monoisotopic (exact) mass is 305 g/mol. The molecule has 0 fully saturated rings. The zero-order valence-corrected chi connectivity index (χ0v) is 11.2. The molecule has 0 atom stereocenters. The molecule has 0 unspecified atom stereocenters. The van der Waals surface area contributed by atoms with Crippen LogP contribution in [0.15, 0.2) is 53.9 Å². The number of hydrogen-bond acceptors (Lipinski definition) is 3. The number of aromatic nitrogens is 2. The lowest BCUT2D eigenvalue weighted by Crippen LogP contribution is -1.82. The maximum absolute atomic E-state index is 7.96. The van der Waals surface area contributed by atoms with Gasteiger partial charge < -0.3 is 0 Å². The van der Waals surface area contributed by atoms with E-state index in [1.807, 2.05) is 36.4 Å². The van der Waals surface area contributed by atoms with Crippen molar-refractivity contribution in [3.63, 3.8) is 0 Å². The molecule has 0 N–H and O–H groups in total. The third-order valence-corrected chi connectivity index (χ3v) is 2.46. The molecule has 2 heterocycles. The van der Waals surface area contributed by atoms with Gasteiger partial charge in [-0.05, 0) is 29.8 Å². The number of alkyl halides is 1. The van der Waals surface area contributed by atoms with Crippen molar-refractivity contribution in [2.75, 3.05) is 0 Å². The lowest BCUT2D eigenvalue weighted by atomic mass is 10.4. The number of hydrogen-bond donors (Lipinski definition) is 0. The Kier molecular flexibility index (Phi) is 7.20. The highest BCUT2D eigenvalue weighted by atomic mass is 79.9. The van der Waals surface area contributed by atoms with Crippen LogP contribution in [0.4, 0.5) is 0 Å². The Labute approximate surface area is 114 Å². The number of halogens is 1. The molecule has 0 aromatic carbocycles. The maximum Gasteiger partial charge on any atom is 0.0684 e. The molecule has 0 aliphatic carbocycles. The number of nitrogens with zero attached hydrogens (tertiary/aromatic N) is 5. The predicted molar refractivity (Wildman–Crippen MR) is 74.0 cm³/mol. The molecule has 2 rings (SSSR count). The summed E-state index contributed by atoms with van der Waals surface area (Å²) in [4.78, 5) is 10.6. The van der Waals surface area contributed by atoms with Gasteiger partial charge in [-0.15, -0.1) is 0 Å². The molecule has 0 spiro atoms. The van der Waals surface area contributed by atoms with Crippen LogP contribution in [0.1, 0.15) is 11.4 Å². The Balaban J connectivity index is 0.000000184. The van der Waals surface area contributed by atoms with Crippen LogP contribution in [0.5, 0.6) is 0 Å². The number of azide groups is 1. The van der Waals surface area contributed by atoms with Crippen LogP contribution in [0.25, 0.3) is 10.4 Å². The SMILES string of the molecule is BrCc1ccccn1.[N-]=[N+]=NCc1ccccn1. The Morgan fingerprint density at radius 3 is 2.06 bits per heavy atom. The predicted octanol–water partition coefficient (Wildman–Crippen LogP) is 3.87. The largest absolute Gasteiger partial charge is 0.261 e. The van der Waals surface area contributed by atoms with E-state index in [-0.39, 0.29) is 0 Å². The highest BCUT2D eigenvalue weighted by molar-refractivity contribution is 9.08. The first kappa shape index (κ1) is 14.2. The third-order valence-electron chi connectivity index (χ3n) is 1.89. The Morgan fingerprint density at radius 2 is 1.67 bits per heavy atom. The summed E-state index contributed by atoms with van der Waals surface area (Å²) in [6.07, 6.45) is 3.46. The molecule has 5 nitrogen and oxygen atoms in total. The smallest absolute Gasteiger partial charge is 0.0684 e. The molecule has 92 valence electrons. The average Bonchev–Trinajstić information content (AvgIpc) is 2.48. The summed E-state index contributed by atoms with van der Waals surface area (Å²) < 4.78 is 0. The fourth-order valence-electron chi connectivity index (χ4n) is 1.07. The standard InChI is InChI=1S/C6H6BrN.C6H6N4/c7-5-6-3-1-2-4-8-6;7-10-9-5-6-3-1-2-4-8-6/h1-4H,5H2;1-4H,5H2. The van der Waals surface area contributed by atoms with E-state index in [1.54, 1.807) is 12.4 Å². The van der Waals surface area contributed by atoms with Gasteiger partial charge in [0.1, 0.15) is 0 Å². The molecule has 0 saturated heterocycles. The van der Waals surface area contributed by atoms with E-state index in [2.05, 4.69) is 35.9 Å². The topological polar surface area (TPSA) is 74.5 Å². The minimum absolute atomic E-state index is 0.331. The fraction of sp³-hybridized carbons (Fsp3) is 0.167. The number of pyridine rings is 2. The minimum Gasteiger partial charge on any atom is -0.261 e. The highest BCUT2D eigenvalue weighted by Gasteiger charge is 1.85. The van der Waals surface area contributed by atoms with Gasteiger partial charge >= 0.3 is 0 Å². The normalized spacial score (nSPS) is 8.72. The van der Waals surface area contributed by atoms with E-state index in [9.17, 15) is 0 Å². The second-order valence-corrected chi connectivity index (χ2v) is 3.73. The average molecular weight is 306 g/mol. The molecule has 2 aromatic heterocycles. The van der Waals surface area contributed by atoms with Crippen molar-refractivity contribution in [2.24, 2.45) is 5.11 Å². The van der Waals surface area contributed by atoms with Crippen LogP contribution in [-0.4, -0.2) is 9.97 Å². The highest BCUT2D eigenvalue weighted by Crippen LogP contribution is 1.98. The lowest BCUT2D eigenvalue weighted by Gasteiger charge is -1.89. The zero-order valence-electron chi connectivity index (χ0n) is 9.65. The van der Waals surface area contributed by atoms with Crippen molar-refractivity contribution in [3.8, 4) is 0 Å². The van der Waals surface area contributed by atoms with Crippen molar-refractivity contribution in [1.82, 2.24) is 9.97 Å². The van der Waals surface area contributed by atoms with E-state index < -0.39 is 0 Å². The number of rotatable bonds is 3. The molecule has 0 bridgehead atoms. The van der Waals surface area contributed by atoms with Gasteiger partial charge in [0.05, 0.1) is 12.2 Å². The fourth-order valence-corrected chi connectivity index (χ4v) is 1.40. The molecule has 0 saturated carbocycles. The van der Waals surface area contributed by atoms with E-state index >= 15 is 0 Å². The molecular weight excluding hydrogens is 294 g/mol. The van der Waals surface area contributed by atoms with Gasteiger partial charge in [0.2, 0.25) is 0 Å². The maximum atomic E-state index is 7.96. The summed E-state index contributed by atoms with van der Waals surface area (Å²) in [5.74, 6) is 0. The van der Waals surface area contributed by atoms with Gasteiger partial charge in [-0.25, -0.2) is 0 Å². The summed E-state index contributed by atoms with van der Waals surface area (Å²) in [5, 5.41) is 4.20. The van der Waals surface area contributed by atoms with Crippen molar-refractivity contribution in [2.45, 2.75) is 11.9 Å². The van der Waals surface area contributed by atoms with E-state index in [0.717, 1.165) is 16.7 Å².